The predicted octanol–water partition coefficient (Wildman–Crippen LogP) is 2.63. The van der Waals surface area contributed by atoms with Crippen LogP contribution in [-0.2, 0) is 9.84 Å². The first-order chi connectivity index (χ1) is 6.39. The first kappa shape index (κ1) is 14.0. The van der Waals surface area contributed by atoms with Gasteiger partial charge in [0.2, 0.25) is 0 Å². The Morgan fingerprint density at radius 1 is 1.43 bits per heavy atom. The zero-order valence-corrected chi connectivity index (χ0v) is 10.5. The molecule has 0 aromatic carbocycles. The standard InChI is InChI=1S/C10H19ClO2S/c1-4-7-14(12,13)8-6-10(3,5-2)9-11/h5H,2,4,6-9H2,1,3H3. The highest BCUT2D eigenvalue weighted by Crippen LogP contribution is 2.25. The summed E-state index contributed by atoms with van der Waals surface area (Å²) in [6, 6.07) is 0. The van der Waals surface area contributed by atoms with Gasteiger partial charge in [0.05, 0.1) is 5.75 Å². The van der Waals surface area contributed by atoms with E-state index in [4.69, 9.17) is 11.6 Å². The lowest BCUT2D eigenvalue weighted by molar-refractivity contribution is 0.466. The van der Waals surface area contributed by atoms with Crippen LogP contribution in [0.5, 0.6) is 0 Å². The smallest absolute Gasteiger partial charge is 0.150 e. The van der Waals surface area contributed by atoms with Gasteiger partial charge in [-0.25, -0.2) is 8.42 Å². The van der Waals surface area contributed by atoms with E-state index in [1.165, 1.54) is 0 Å². The molecule has 0 spiro atoms. The molecule has 2 nitrogen and oxygen atoms in total. The summed E-state index contributed by atoms with van der Waals surface area (Å²) < 4.78 is 22.9. The summed E-state index contributed by atoms with van der Waals surface area (Å²) in [5.41, 5.74) is -0.262. The molecule has 0 heterocycles. The molecule has 0 aliphatic carbocycles. The molecular formula is C10H19ClO2S. The molecular weight excluding hydrogens is 220 g/mol. The second-order valence-corrected chi connectivity index (χ2v) is 6.46. The topological polar surface area (TPSA) is 34.1 Å². The van der Waals surface area contributed by atoms with E-state index in [0.29, 0.717) is 18.7 Å². The normalized spacial score (nSPS) is 16.2. The number of allylic oxidation sites excluding steroid dienone is 1. The van der Waals surface area contributed by atoms with Crippen molar-refractivity contribution in [1.82, 2.24) is 0 Å². The SMILES string of the molecule is C=CC(C)(CCl)CCS(=O)(=O)CCC. The van der Waals surface area contributed by atoms with E-state index in [1.807, 2.05) is 13.8 Å². The molecule has 0 amide bonds. The minimum atomic E-state index is -2.89. The van der Waals surface area contributed by atoms with Crippen molar-refractivity contribution in [2.45, 2.75) is 26.7 Å². The predicted molar refractivity (Wildman–Crippen MR) is 62.6 cm³/mol. The summed E-state index contributed by atoms with van der Waals surface area (Å²) in [6.07, 6.45) is 2.97. The average molecular weight is 239 g/mol. The van der Waals surface area contributed by atoms with Crippen molar-refractivity contribution >= 4 is 21.4 Å². The Hall–Kier alpha value is -0.0200. The van der Waals surface area contributed by atoms with Gasteiger partial charge in [0.25, 0.3) is 0 Å². The molecule has 0 saturated heterocycles. The summed E-state index contributed by atoms with van der Waals surface area (Å²) in [5, 5.41) is 0. The molecule has 1 unspecified atom stereocenters. The minimum absolute atomic E-state index is 0.204. The average Bonchev–Trinajstić information content (AvgIpc) is 2.14. The maximum absolute atomic E-state index is 11.4. The van der Waals surface area contributed by atoms with E-state index in [-0.39, 0.29) is 16.9 Å². The lowest BCUT2D eigenvalue weighted by Crippen LogP contribution is -2.21. The summed E-state index contributed by atoms with van der Waals surface area (Å²) in [6.45, 7) is 7.46. The van der Waals surface area contributed by atoms with E-state index < -0.39 is 9.84 Å². The fourth-order valence-electron chi connectivity index (χ4n) is 1.03. The second kappa shape index (κ2) is 5.76. The molecule has 0 fully saturated rings. The first-order valence-corrected chi connectivity index (χ1v) is 7.14. The lowest BCUT2D eigenvalue weighted by atomic mass is 9.90. The maximum atomic E-state index is 11.4. The zero-order valence-electron chi connectivity index (χ0n) is 8.92. The monoisotopic (exact) mass is 238 g/mol. The minimum Gasteiger partial charge on any atom is -0.229 e. The van der Waals surface area contributed by atoms with Gasteiger partial charge in [-0.2, -0.15) is 0 Å². The number of rotatable bonds is 7. The molecule has 0 aromatic heterocycles. The van der Waals surface area contributed by atoms with E-state index in [9.17, 15) is 8.42 Å². The van der Waals surface area contributed by atoms with Crippen molar-refractivity contribution in [3.63, 3.8) is 0 Å². The van der Waals surface area contributed by atoms with Gasteiger partial charge in [-0.3, -0.25) is 0 Å². The quantitative estimate of drug-likeness (QED) is 0.505. The van der Waals surface area contributed by atoms with Crippen LogP contribution in [-0.4, -0.2) is 25.8 Å². The number of hydrogen-bond donors (Lipinski definition) is 0. The molecule has 0 radical (unpaired) electrons. The van der Waals surface area contributed by atoms with Crippen LogP contribution in [0.3, 0.4) is 0 Å². The van der Waals surface area contributed by atoms with Gasteiger partial charge in [-0.1, -0.05) is 19.9 Å². The number of alkyl halides is 1. The fourth-order valence-corrected chi connectivity index (χ4v) is 2.87. The molecule has 0 aliphatic rings. The number of sulfone groups is 1. The highest BCUT2D eigenvalue weighted by molar-refractivity contribution is 7.91. The maximum Gasteiger partial charge on any atom is 0.150 e. The highest BCUT2D eigenvalue weighted by atomic mass is 35.5. The van der Waals surface area contributed by atoms with Gasteiger partial charge in [0, 0.05) is 11.6 Å². The molecule has 14 heavy (non-hydrogen) atoms. The third-order valence-corrected chi connectivity index (χ3v) is 4.76. The lowest BCUT2D eigenvalue weighted by Gasteiger charge is -2.22. The molecule has 0 aliphatic heterocycles. The molecule has 0 bridgehead atoms. The van der Waals surface area contributed by atoms with Gasteiger partial charge in [0.1, 0.15) is 9.84 Å². The van der Waals surface area contributed by atoms with Crippen LogP contribution in [0.1, 0.15) is 26.7 Å². The summed E-state index contributed by atoms with van der Waals surface area (Å²) >= 11 is 5.75. The van der Waals surface area contributed by atoms with Crippen LogP contribution in [0.15, 0.2) is 12.7 Å². The zero-order chi connectivity index (χ0) is 11.2. The Morgan fingerprint density at radius 2 is 2.00 bits per heavy atom. The number of hydrogen-bond acceptors (Lipinski definition) is 2. The third-order valence-electron chi connectivity index (χ3n) is 2.30. The van der Waals surface area contributed by atoms with E-state index in [1.54, 1.807) is 6.08 Å². The van der Waals surface area contributed by atoms with Crippen molar-refractivity contribution < 1.29 is 8.42 Å². The van der Waals surface area contributed by atoms with Gasteiger partial charge >= 0.3 is 0 Å². The van der Waals surface area contributed by atoms with Gasteiger partial charge in [-0.05, 0) is 18.3 Å². The van der Waals surface area contributed by atoms with Crippen LogP contribution in [0, 0.1) is 5.41 Å². The molecule has 84 valence electrons. The summed E-state index contributed by atoms with van der Waals surface area (Å²) in [5.74, 6) is 0.886. The van der Waals surface area contributed by atoms with E-state index in [2.05, 4.69) is 6.58 Å². The fraction of sp³-hybridized carbons (Fsp3) is 0.800. The van der Waals surface area contributed by atoms with Gasteiger partial charge in [0.15, 0.2) is 0 Å². The van der Waals surface area contributed by atoms with Gasteiger partial charge in [-0.15, -0.1) is 18.2 Å². The van der Waals surface area contributed by atoms with Crippen molar-refractivity contribution in [3.8, 4) is 0 Å². The molecule has 0 N–H and O–H groups in total. The Morgan fingerprint density at radius 3 is 2.36 bits per heavy atom. The molecule has 0 rings (SSSR count). The summed E-state index contributed by atoms with van der Waals surface area (Å²) in [7, 11) is -2.89. The third kappa shape index (κ3) is 5.01. The van der Waals surface area contributed by atoms with Crippen molar-refractivity contribution in [1.29, 1.82) is 0 Å². The highest BCUT2D eigenvalue weighted by Gasteiger charge is 2.22. The van der Waals surface area contributed by atoms with Crippen LogP contribution in [0.25, 0.3) is 0 Å². The Bertz CT molecular complexity index is 272. The Labute approximate surface area is 92.3 Å². The van der Waals surface area contributed by atoms with Crippen LogP contribution in [0.2, 0.25) is 0 Å². The molecule has 4 heteroatoms. The molecule has 1 atom stereocenters. The molecule has 0 saturated carbocycles. The van der Waals surface area contributed by atoms with Crippen molar-refractivity contribution in [2.75, 3.05) is 17.4 Å². The van der Waals surface area contributed by atoms with Crippen LogP contribution in [0.4, 0.5) is 0 Å². The first-order valence-electron chi connectivity index (χ1n) is 4.79. The Kier molecular flexibility index (Phi) is 5.75. The summed E-state index contributed by atoms with van der Waals surface area (Å²) in [4.78, 5) is 0. The Balaban J connectivity index is 4.23. The van der Waals surface area contributed by atoms with E-state index >= 15 is 0 Å². The van der Waals surface area contributed by atoms with Crippen molar-refractivity contribution in [2.24, 2.45) is 5.41 Å². The molecule has 0 aromatic rings. The van der Waals surface area contributed by atoms with E-state index in [0.717, 1.165) is 0 Å². The van der Waals surface area contributed by atoms with Crippen molar-refractivity contribution in [3.05, 3.63) is 12.7 Å². The largest absolute Gasteiger partial charge is 0.229 e. The van der Waals surface area contributed by atoms with Gasteiger partial charge < -0.3 is 0 Å². The second-order valence-electron chi connectivity index (χ2n) is 3.89. The van der Waals surface area contributed by atoms with Crippen LogP contribution >= 0.6 is 11.6 Å². The number of halogens is 1. The van der Waals surface area contributed by atoms with Crippen LogP contribution < -0.4 is 0 Å².